The molecule has 0 bridgehead atoms. The van der Waals surface area contributed by atoms with Crippen molar-refractivity contribution in [3.63, 3.8) is 0 Å². The van der Waals surface area contributed by atoms with Crippen LogP contribution in [0, 0.1) is 11.7 Å². The largest absolute Gasteiger partial charge is 0.478 e. The number of ether oxygens (including phenoxy) is 1. The highest BCUT2D eigenvalue weighted by Crippen LogP contribution is 2.34. The number of carboxylic acids is 1. The van der Waals surface area contributed by atoms with Crippen LogP contribution in [-0.2, 0) is 4.74 Å². The molecule has 2 heterocycles. The zero-order valence-corrected chi connectivity index (χ0v) is 17.5. The van der Waals surface area contributed by atoms with Crippen LogP contribution >= 0.6 is 11.6 Å². The van der Waals surface area contributed by atoms with Crippen LogP contribution in [0.3, 0.4) is 0 Å². The van der Waals surface area contributed by atoms with Crippen molar-refractivity contribution < 1.29 is 23.6 Å². The minimum atomic E-state index is -1.35. The number of pyridine rings is 1. The molecule has 8 nitrogen and oxygen atoms in total. The molecule has 162 valence electrons. The van der Waals surface area contributed by atoms with Crippen LogP contribution in [0.25, 0.3) is 22.8 Å². The van der Waals surface area contributed by atoms with E-state index in [1.165, 1.54) is 18.9 Å². The highest BCUT2D eigenvalue weighted by molar-refractivity contribution is 6.33. The van der Waals surface area contributed by atoms with Crippen molar-refractivity contribution in [3.05, 3.63) is 46.9 Å². The fraction of sp³-hybridized carbons (Fsp3) is 0.333. The SMILES string of the molecule is COCCN(CC1CC1)c1ncc(-c2nc(-c3ccc(C(=O)O)c(F)c3)no2)cc1Cl. The Balaban J connectivity index is 1.56. The molecule has 1 aliphatic carbocycles. The van der Waals surface area contributed by atoms with Gasteiger partial charge in [0.25, 0.3) is 5.89 Å². The van der Waals surface area contributed by atoms with Crippen LogP contribution in [0.4, 0.5) is 10.2 Å². The van der Waals surface area contributed by atoms with Crippen LogP contribution in [-0.4, -0.2) is 53.0 Å². The third-order valence-electron chi connectivity index (χ3n) is 4.99. The van der Waals surface area contributed by atoms with Gasteiger partial charge in [-0.3, -0.25) is 0 Å². The van der Waals surface area contributed by atoms with Gasteiger partial charge in [0.05, 0.1) is 22.8 Å². The van der Waals surface area contributed by atoms with Gasteiger partial charge >= 0.3 is 5.97 Å². The first-order valence-corrected chi connectivity index (χ1v) is 10.1. The van der Waals surface area contributed by atoms with Gasteiger partial charge in [-0.1, -0.05) is 16.8 Å². The number of aromatic nitrogens is 3. The molecule has 0 unspecified atom stereocenters. The van der Waals surface area contributed by atoms with Gasteiger partial charge in [-0.05, 0) is 43.0 Å². The molecule has 10 heteroatoms. The van der Waals surface area contributed by atoms with E-state index < -0.39 is 17.3 Å². The Hall–Kier alpha value is -3.04. The molecule has 1 saturated carbocycles. The Morgan fingerprint density at radius 1 is 1.35 bits per heavy atom. The van der Waals surface area contributed by atoms with Crippen LogP contribution in [0.2, 0.25) is 5.02 Å². The Morgan fingerprint density at radius 3 is 2.81 bits per heavy atom. The molecular formula is C21H20ClFN4O4. The maximum Gasteiger partial charge on any atom is 0.338 e. The summed E-state index contributed by atoms with van der Waals surface area (Å²) in [5.74, 6) is -0.607. The second kappa shape index (κ2) is 8.99. The van der Waals surface area contributed by atoms with Crippen molar-refractivity contribution >= 4 is 23.4 Å². The second-order valence-corrected chi connectivity index (χ2v) is 7.74. The molecule has 31 heavy (non-hydrogen) atoms. The molecule has 1 N–H and O–H groups in total. The minimum absolute atomic E-state index is 0.126. The third kappa shape index (κ3) is 4.83. The van der Waals surface area contributed by atoms with Gasteiger partial charge in [-0.25, -0.2) is 14.2 Å². The fourth-order valence-corrected chi connectivity index (χ4v) is 3.45. The normalized spacial score (nSPS) is 13.4. The summed E-state index contributed by atoms with van der Waals surface area (Å²) < 4.78 is 24.4. The summed E-state index contributed by atoms with van der Waals surface area (Å²) in [6.07, 6.45) is 4.01. The van der Waals surface area contributed by atoms with Gasteiger partial charge in [0.15, 0.2) is 0 Å². The van der Waals surface area contributed by atoms with E-state index in [2.05, 4.69) is 20.0 Å². The summed E-state index contributed by atoms with van der Waals surface area (Å²) in [6.45, 7) is 2.12. The Labute approximate surface area is 182 Å². The van der Waals surface area contributed by atoms with Crippen LogP contribution in [0.1, 0.15) is 23.2 Å². The average Bonchev–Trinajstić information content (AvgIpc) is 3.42. The quantitative estimate of drug-likeness (QED) is 0.523. The Kier molecular flexibility index (Phi) is 6.15. The predicted octanol–water partition coefficient (Wildman–Crippen LogP) is 4.15. The lowest BCUT2D eigenvalue weighted by molar-refractivity contribution is 0.0692. The highest BCUT2D eigenvalue weighted by atomic mass is 35.5. The number of anilines is 1. The van der Waals surface area contributed by atoms with Crippen molar-refractivity contribution in [3.8, 4) is 22.8 Å². The molecule has 1 fully saturated rings. The zero-order valence-electron chi connectivity index (χ0n) is 16.7. The van der Waals surface area contributed by atoms with Gasteiger partial charge in [0, 0.05) is 32.0 Å². The van der Waals surface area contributed by atoms with Crippen LogP contribution in [0.15, 0.2) is 35.0 Å². The summed E-state index contributed by atoms with van der Waals surface area (Å²) in [7, 11) is 1.65. The fourth-order valence-electron chi connectivity index (χ4n) is 3.16. The van der Waals surface area contributed by atoms with Crippen molar-refractivity contribution in [1.29, 1.82) is 0 Å². The molecule has 0 atom stereocenters. The van der Waals surface area contributed by atoms with Crippen molar-refractivity contribution in [2.75, 3.05) is 31.7 Å². The number of nitrogens with zero attached hydrogens (tertiary/aromatic N) is 4. The maximum atomic E-state index is 14.0. The van der Waals surface area contributed by atoms with Gasteiger partial charge in [0.2, 0.25) is 5.82 Å². The maximum absolute atomic E-state index is 14.0. The van der Waals surface area contributed by atoms with Gasteiger partial charge in [-0.2, -0.15) is 4.98 Å². The molecule has 4 rings (SSSR count). The summed E-state index contributed by atoms with van der Waals surface area (Å²) in [4.78, 5) is 21.8. The molecule has 0 saturated heterocycles. The number of aromatic carboxylic acids is 1. The standard InChI is InChI=1S/C21H20ClFN4O4/c1-30-7-6-27(11-12-2-3-12)19-16(22)8-14(10-24-19)20-25-18(26-31-20)13-4-5-15(21(28)29)17(23)9-13/h4-5,8-10,12H,2-3,6-7,11H2,1H3,(H,28,29). The van der Waals surface area contributed by atoms with E-state index >= 15 is 0 Å². The Morgan fingerprint density at radius 2 is 2.16 bits per heavy atom. The highest BCUT2D eigenvalue weighted by Gasteiger charge is 2.26. The number of hydrogen-bond acceptors (Lipinski definition) is 7. The molecule has 1 aliphatic rings. The minimum Gasteiger partial charge on any atom is -0.478 e. The molecule has 0 radical (unpaired) electrons. The molecule has 0 spiro atoms. The average molecular weight is 447 g/mol. The molecule has 1 aromatic carbocycles. The monoisotopic (exact) mass is 446 g/mol. The van der Waals surface area contributed by atoms with E-state index in [1.807, 2.05) is 0 Å². The van der Waals surface area contributed by atoms with Crippen molar-refractivity contribution in [2.45, 2.75) is 12.8 Å². The van der Waals surface area contributed by atoms with Gasteiger partial charge < -0.3 is 19.3 Å². The van der Waals surface area contributed by atoms with Crippen LogP contribution < -0.4 is 4.90 Å². The smallest absolute Gasteiger partial charge is 0.338 e. The lowest BCUT2D eigenvalue weighted by Crippen LogP contribution is -2.30. The second-order valence-electron chi connectivity index (χ2n) is 7.33. The summed E-state index contributed by atoms with van der Waals surface area (Å²) in [6, 6.07) is 5.33. The summed E-state index contributed by atoms with van der Waals surface area (Å²) in [5.41, 5.74) is 0.389. The lowest BCUT2D eigenvalue weighted by atomic mass is 10.1. The van der Waals surface area contributed by atoms with E-state index in [4.69, 9.17) is 26.0 Å². The first-order valence-electron chi connectivity index (χ1n) is 9.73. The first kappa shape index (κ1) is 21.2. The van der Waals surface area contributed by atoms with E-state index in [0.717, 1.165) is 18.7 Å². The van der Waals surface area contributed by atoms with E-state index in [-0.39, 0.29) is 11.7 Å². The molecule has 0 amide bonds. The number of carboxylic acid groups (broad SMARTS) is 1. The number of methoxy groups -OCH3 is 1. The number of rotatable bonds is 9. The topological polar surface area (TPSA) is 102 Å². The number of hydrogen-bond donors (Lipinski definition) is 1. The summed E-state index contributed by atoms with van der Waals surface area (Å²) in [5, 5.41) is 13.3. The van der Waals surface area contributed by atoms with E-state index in [1.54, 1.807) is 19.4 Å². The van der Waals surface area contributed by atoms with E-state index in [0.29, 0.717) is 41.0 Å². The number of halogens is 2. The number of carbonyl (C=O) groups is 1. The molecule has 2 aromatic heterocycles. The zero-order chi connectivity index (χ0) is 22.0. The lowest BCUT2D eigenvalue weighted by Gasteiger charge is -2.24. The van der Waals surface area contributed by atoms with E-state index in [9.17, 15) is 9.18 Å². The summed E-state index contributed by atoms with van der Waals surface area (Å²) >= 11 is 6.51. The van der Waals surface area contributed by atoms with Gasteiger partial charge in [-0.15, -0.1) is 0 Å². The van der Waals surface area contributed by atoms with Crippen LogP contribution in [0.5, 0.6) is 0 Å². The number of benzene rings is 1. The first-order chi connectivity index (χ1) is 15.0. The van der Waals surface area contributed by atoms with Crippen molar-refractivity contribution in [2.24, 2.45) is 5.92 Å². The molecule has 3 aromatic rings. The molecular weight excluding hydrogens is 427 g/mol. The van der Waals surface area contributed by atoms with Gasteiger partial charge in [0.1, 0.15) is 11.6 Å². The van der Waals surface area contributed by atoms with Crippen molar-refractivity contribution in [1.82, 2.24) is 15.1 Å². The third-order valence-corrected chi connectivity index (χ3v) is 5.27. The molecule has 0 aliphatic heterocycles. The Bertz CT molecular complexity index is 1100. The predicted molar refractivity (Wildman–Crippen MR) is 112 cm³/mol.